The molecule has 2 aromatic carbocycles. The number of ether oxygens (including phenoxy) is 4. The Labute approximate surface area is 368 Å². The summed E-state index contributed by atoms with van der Waals surface area (Å²) in [6, 6.07) is 12.0. The van der Waals surface area contributed by atoms with E-state index in [-0.39, 0.29) is 86.0 Å². The third-order valence-corrected chi connectivity index (χ3v) is 11.3. The molecular weight excluding hydrogens is 809 g/mol. The van der Waals surface area contributed by atoms with E-state index < -0.39 is 67.8 Å². The molecular formula is C40H58CaO14S2. The van der Waals surface area contributed by atoms with Gasteiger partial charge >= 0.3 is 61.6 Å². The molecule has 0 bridgehead atoms. The van der Waals surface area contributed by atoms with E-state index in [1.54, 1.807) is 24.3 Å². The third kappa shape index (κ3) is 22.4. The van der Waals surface area contributed by atoms with Crippen molar-refractivity contribution in [3.8, 4) is 0 Å². The van der Waals surface area contributed by atoms with Crippen molar-refractivity contribution in [3.05, 3.63) is 70.8 Å². The van der Waals surface area contributed by atoms with E-state index in [1.165, 1.54) is 63.8 Å². The minimum atomic E-state index is -4.56. The van der Waals surface area contributed by atoms with Gasteiger partial charge in [0.1, 0.15) is 33.5 Å². The predicted molar refractivity (Wildman–Crippen MR) is 214 cm³/mol. The molecule has 2 atom stereocenters. The molecule has 0 amide bonds. The van der Waals surface area contributed by atoms with Crippen LogP contribution in [0.4, 0.5) is 0 Å². The molecule has 316 valence electrons. The Morgan fingerprint density at radius 2 is 0.737 bits per heavy atom. The Hall–Kier alpha value is -2.60. The van der Waals surface area contributed by atoms with Crippen molar-refractivity contribution in [2.75, 3.05) is 26.4 Å². The molecule has 0 fully saturated rings. The van der Waals surface area contributed by atoms with Crippen LogP contribution in [0.2, 0.25) is 0 Å². The first kappa shape index (κ1) is 54.4. The maximum absolute atomic E-state index is 12.3. The number of carbonyl (C=O) groups excluding carboxylic acids is 4. The van der Waals surface area contributed by atoms with Crippen molar-refractivity contribution in [3.63, 3.8) is 0 Å². The topological polar surface area (TPSA) is 220 Å². The molecule has 0 aliphatic heterocycles. The number of carbonyl (C=O) groups is 4. The third-order valence-electron chi connectivity index (χ3n) is 8.72. The molecule has 2 aromatic rings. The molecule has 2 unspecified atom stereocenters. The van der Waals surface area contributed by atoms with Gasteiger partial charge in [0.05, 0.1) is 46.0 Å². The van der Waals surface area contributed by atoms with Crippen molar-refractivity contribution in [2.45, 2.75) is 128 Å². The van der Waals surface area contributed by atoms with Gasteiger partial charge in [-0.3, -0.25) is 0 Å². The second-order valence-electron chi connectivity index (χ2n) is 13.1. The Morgan fingerprint density at radius 3 is 1.00 bits per heavy atom. The van der Waals surface area contributed by atoms with Crippen molar-refractivity contribution >= 4 is 81.9 Å². The van der Waals surface area contributed by atoms with E-state index in [0.29, 0.717) is 0 Å². The summed E-state index contributed by atoms with van der Waals surface area (Å²) in [7, 11) is -9.12. The van der Waals surface area contributed by atoms with E-state index in [9.17, 15) is 45.1 Å². The SMILES string of the molecule is CCCCCCCCOC(=O)c1ccccc1C(=O)OCC(CC)S(=O)(=O)[O-].CCCCCCCCOC(=O)c1ccccc1C(=O)OCC(CC)S(=O)(=O)[O-].[Ca+2]. The average Bonchev–Trinajstić information content (AvgIpc) is 3.16. The standard InChI is InChI=1S/2C20H30O7S.Ca/c2*1-3-5-6-7-8-11-14-26-19(21)17-12-9-10-13-18(17)20(22)27-15-16(4-2)28(23,24)25;/h2*9-10,12-13,16H,3-8,11,14-15H2,1-2H3,(H,23,24,25);/q;;+2/p-2. The van der Waals surface area contributed by atoms with Gasteiger partial charge < -0.3 is 28.1 Å². The molecule has 0 radical (unpaired) electrons. The number of benzene rings is 2. The fraction of sp³-hybridized carbons (Fsp3) is 0.600. The molecule has 0 heterocycles. The van der Waals surface area contributed by atoms with Gasteiger partial charge in [0, 0.05) is 0 Å². The van der Waals surface area contributed by atoms with Gasteiger partial charge in [-0.1, -0.05) is 116 Å². The zero-order chi connectivity index (χ0) is 42.0. The normalized spacial score (nSPS) is 12.2. The quantitative estimate of drug-likeness (QED) is 0.0306. The number of hydrogen-bond acceptors (Lipinski definition) is 14. The molecule has 0 saturated carbocycles. The van der Waals surface area contributed by atoms with Crippen LogP contribution in [-0.2, 0) is 39.2 Å². The first-order valence-electron chi connectivity index (χ1n) is 19.4. The van der Waals surface area contributed by atoms with Gasteiger partial charge in [-0.15, -0.1) is 0 Å². The van der Waals surface area contributed by atoms with Gasteiger partial charge in [-0.25, -0.2) is 36.0 Å². The van der Waals surface area contributed by atoms with E-state index in [2.05, 4.69) is 13.8 Å². The van der Waals surface area contributed by atoms with Crippen molar-refractivity contribution in [1.29, 1.82) is 0 Å². The molecule has 14 nitrogen and oxygen atoms in total. The van der Waals surface area contributed by atoms with Gasteiger partial charge in [0.15, 0.2) is 0 Å². The molecule has 0 spiro atoms. The molecule has 0 saturated heterocycles. The maximum atomic E-state index is 12.3. The van der Waals surface area contributed by atoms with Gasteiger partial charge in [0.2, 0.25) is 0 Å². The van der Waals surface area contributed by atoms with E-state index in [1.807, 2.05) is 0 Å². The van der Waals surface area contributed by atoms with Crippen LogP contribution in [0.15, 0.2) is 48.5 Å². The summed E-state index contributed by atoms with van der Waals surface area (Å²) in [6.45, 7) is 6.74. The molecule has 2 rings (SSSR count). The summed E-state index contributed by atoms with van der Waals surface area (Å²) in [4.78, 5) is 49.1. The van der Waals surface area contributed by atoms with Crippen LogP contribution < -0.4 is 0 Å². The first-order valence-corrected chi connectivity index (χ1v) is 22.3. The summed E-state index contributed by atoms with van der Waals surface area (Å²) in [6.07, 6.45) is 12.7. The Kier molecular flexibility index (Phi) is 29.1. The Balaban J connectivity index is 0.00000108. The monoisotopic (exact) mass is 866 g/mol. The molecule has 0 aliphatic carbocycles. The van der Waals surface area contributed by atoms with Crippen LogP contribution in [-0.4, -0.2) is 124 Å². The van der Waals surface area contributed by atoms with Gasteiger partial charge in [-0.05, 0) is 49.9 Å². The second kappa shape index (κ2) is 30.4. The van der Waals surface area contributed by atoms with Crippen molar-refractivity contribution in [2.24, 2.45) is 0 Å². The Morgan fingerprint density at radius 1 is 0.474 bits per heavy atom. The van der Waals surface area contributed by atoms with Crippen LogP contribution in [0.5, 0.6) is 0 Å². The van der Waals surface area contributed by atoms with Crippen molar-refractivity contribution < 1.29 is 64.1 Å². The van der Waals surface area contributed by atoms with Crippen LogP contribution in [0, 0.1) is 0 Å². The summed E-state index contributed by atoms with van der Waals surface area (Å²) < 4.78 is 86.9. The summed E-state index contributed by atoms with van der Waals surface area (Å²) in [5, 5.41) is -2.63. The second-order valence-corrected chi connectivity index (χ2v) is 16.4. The van der Waals surface area contributed by atoms with Crippen LogP contribution >= 0.6 is 0 Å². The number of unbranched alkanes of at least 4 members (excludes halogenated alkanes) is 10. The van der Waals surface area contributed by atoms with E-state index in [0.717, 1.165) is 51.4 Å². The zero-order valence-corrected chi connectivity index (χ0v) is 37.6. The van der Waals surface area contributed by atoms with E-state index >= 15 is 0 Å². The minimum Gasteiger partial charge on any atom is -0.748 e. The van der Waals surface area contributed by atoms with Crippen LogP contribution in [0.25, 0.3) is 0 Å². The largest absolute Gasteiger partial charge is 2.00 e. The van der Waals surface area contributed by atoms with Gasteiger partial charge in [-0.2, -0.15) is 0 Å². The maximum Gasteiger partial charge on any atom is 2.00 e. The van der Waals surface area contributed by atoms with E-state index in [4.69, 9.17) is 18.9 Å². The first-order chi connectivity index (χ1) is 26.6. The summed E-state index contributed by atoms with van der Waals surface area (Å²) in [5.41, 5.74) is 0.0650. The molecule has 57 heavy (non-hydrogen) atoms. The molecule has 17 heteroatoms. The fourth-order valence-electron chi connectivity index (χ4n) is 5.23. The number of esters is 4. The average molecular weight is 867 g/mol. The minimum absolute atomic E-state index is 0. The van der Waals surface area contributed by atoms with Crippen LogP contribution in [0.1, 0.15) is 159 Å². The van der Waals surface area contributed by atoms with Gasteiger partial charge in [0.25, 0.3) is 0 Å². The number of rotatable bonds is 26. The zero-order valence-electron chi connectivity index (χ0n) is 33.7. The Bertz CT molecular complexity index is 1590. The molecule has 0 aromatic heterocycles. The van der Waals surface area contributed by atoms with Crippen LogP contribution in [0.3, 0.4) is 0 Å². The fourth-order valence-corrected chi connectivity index (χ4v) is 6.52. The smallest absolute Gasteiger partial charge is 0.748 e. The number of hydrogen-bond donors (Lipinski definition) is 0. The summed E-state index contributed by atoms with van der Waals surface area (Å²) >= 11 is 0. The summed E-state index contributed by atoms with van der Waals surface area (Å²) in [5.74, 6) is -3.00. The molecule has 0 N–H and O–H groups in total. The van der Waals surface area contributed by atoms with Crippen molar-refractivity contribution in [1.82, 2.24) is 0 Å². The molecule has 0 aliphatic rings. The predicted octanol–water partition coefficient (Wildman–Crippen LogP) is 6.99.